The molecule has 1 heterocycles. The molecule has 6 heteroatoms. The highest BCUT2D eigenvalue weighted by Crippen LogP contribution is 2.34. The standard InChI is InChI=1S/C26H30N2O4/c1-18-23(25(29)32-17-20-12-6-3-7-13-20)24(28-26(30)27-18)21-14-8-9-15-22(21)31-16-19-10-4-2-5-11-19/h2,4-5,8-11,14-15,20,24H,3,6-7,12-13,16-17H2,1H3,(H2,27,28,30)/t24-/m0/s1. The Kier molecular flexibility index (Phi) is 7.10. The molecule has 2 aromatic rings. The summed E-state index contributed by atoms with van der Waals surface area (Å²) in [6, 6.07) is 16.4. The van der Waals surface area contributed by atoms with Gasteiger partial charge >= 0.3 is 12.0 Å². The van der Waals surface area contributed by atoms with E-state index in [0.717, 1.165) is 24.0 Å². The zero-order chi connectivity index (χ0) is 22.3. The highest BCUT2D eigenvalue weighted by atomic mass is 16.5. The quantitative estimate of drug-likeness (QED) is 0.600. The second kappa shape index (κ2) is 10.4. The van der Waals surface area contributed by atoms with Gasteiger partial charge in [-0.25, -0.2) is 9.59 Å². The fourth-order valence-electron chi connectivity index (χ4n) is 4.41. The third-order valence-electron chi connectivity index (χ3n) is 6.13. The zero-order valence-corrected chi connectivity index (χ0v) is 18.4. The van der Waals surface area contributed by atoms with E-state index in [1.165, 1.54) is 19.3 Å². The number of rotatable bonds is 7. The topological polar surface area (TPSA) is 76.7 Å². The van der Waals surface area contributed by atoms with E-state index in [0.29, 0.717) is 36.2 Å². The summed E-state index contributed by atoms with van der Waals surface area (Å²) >= 11 is 0. The van der Waals surface area contributed by atoms with Crippen molar-refractivity contribution >= 4 is 12.0 Å². The Bertz CT molecular complexity index is 980. The maximum atomic E-state index is 13.1. The summed E-state index contributed by atoms with van der Waals surface area (Å²) in [6.45, 7) is 2.54. The molecule has 0 saturated heterocycles. The minimum atomic E-state index is -0.644. The molecule has 1 atom stereocenters. The number of amides is 2. The number of nitrogens with one attached hydrogen (secondary N) is 2. The number of esters is 1. The molecular formula is C26H30N2O4. The Balaban J connectivity index is 1.54. The van der Waals surface area contributed by atoms with E-state index in [4.69, 9.17) is 9.47 Å². The first-order valence-electron chi connectivity index (χ1n) is 11.3. The molecule has 1 aliphatic carbocycles. The molecule has 2 aliphatic rings. The fraction of sp³-hybridized carbons (Fsp3) is 0.385. The molecular weight excluding hydrogens is 404 g/mol. The number of para-hydroxylation sites is 1. The summed E-state index contributed by atoms with van der Waals surface area (Å²) < 4.78 is 11.8. The molecule has 32 heavy (non-hydrogen) atoms. The van der Waals surface area contributed by atoms with E-state index in [1.807, 2.05) is 54.6 Å². The number of allylic oxidation sites excluding steroid dienone is 1. The Labute approximate surface area is 189 Å². The molecule has 0 bridgehead atoms. The van der Waals surface area contributed by atoms with Crippen molar-refractivity contribution in [2.24, 2.45) is 5.92 Å². The van der Waals surface area contributed by atoms with Crippen LogP contribution >= 0.6 is 0 Å². The first-order valence-corrected chi connectivity index (χ1v) is 11.3. The van der Waals surface area contributed by atoms with Crippen molar-refractivity contribution in [3.05, 3.63) is 77.0 Å². The molecule has 2 amide bonds. The van der Waals surface area contributed by atoms with Crippen molar-refractivity contribution in [3.8, 4) is 5.75 Å². The number of carbonyl (C=O) groups is 2. The van der Waals surface area contributed by atoms with Crippen LogP contribution in [0.15, 0.2) is 65.9 Å². The molecule has 1 aliphatic heterocycles. The van der Waals surface area contributed by atoms with Gasteiger partial charge in [0.05, 0.1) is 18.2 Å². The average molecular weight is 435 g/mol. The van der Waals surface area contributed by atoms with Gasteiger partial charge in [0.25, 0.3) is 0 Å². The molecule has 4 rings (SSSR count). The highest BCUT2D eigenvalue weighted by molar-refractivity contribution is 5.95. The van der Waals surface area contributed by atoms with E-state index in [2.05, 4.69) is 10.6 Å². The summed E-state index contributed by atoms with van der Waals surface area (Å²) in [5, 5.41) is 5.60. The van der Waals surface area contributed by atoms with Crippen LogP contribution in [0.25, 0.3) is 0 Å². The molecule has 0 radical (unpaired) electrons. The van der Waals surface area contributed by atoms with E-state index < -0.39 is 12.0 Å². The van der Waals surface area contributed by atoms with Gasteiger partial charge in [0, 0.05) is 11.3 Å². The average Bonchev–Trinajstić information content (AvgIpc) is 2.82. The van der Waals surface area contributed by atoms with Gasteiger partial charge in [-0.15, -0.1) is 0 Å². The predicted molar refractivity (Wildman–Crippen MR) is 122 cm³/mol. The van der Waals surface area contributed by atoms with Crippen LogP contribution in [0.5, 0.6) is 5.75 Å². The summed E-state index contributed by atoms with van der Waals surface area (Å²) in [5.41, 5.74) is 2.68. The van der Waals surface area contributed by atoms with Crippen LogP contribution in [0.4, 0.5) is 4.79 Å². The first-order chi connectivity index (χ1) is 15.6. The summed E-state index contributed by atoms with van der Waals surface area (Å²) in [5.74, 6) is 0.636. The van der Waals surface area contributed by atoms with Gasteiger partial charge in [0.1, 0.15) is 12.4 Å². The Morgan fingerprint density at radius 2 is 1.72 bits per heavy atom. The third kappa shape index (κ3) is 5.31. The van der Waals surface area contributed by atoms with Crippen LogP contribution in [0.2, 0.25) is 0 Å². The van der Waals surface area contributed by atoms with Crippen LogP contribution in [0.1, 0.15) is 56.2 Å². The normalized spacial score (nSPS) is 19.2. The van der Waals surface area contributed by atoms with Gasteiger partial charge in [-0.3, -0.25) is 0 Å². The van der Waals surface area contributed by atoms with Gasteiger partial charge in [-0.1, -0.05) is 67.8 Å². The number of benzene rings is 2. The van der Waals surface area contributed by atoms with Crippen molar-refractivity contribution in [2.45, 2.75) is 51.7 Å². The lowest BCUT2D eigenvalue weighted by Gasteiger charge is -2.30. The SMILES string of the molecule is CC1=C(C(=O)OCC2CCCCC2)[C@H](c2ccccc2OCc2ccccc2)NC(=O)N1. The van der Waals surface area contributed by atoms with Crippen molar-refractivity contribution < 1.29 is 19.1 Å². The van der Waals surface area contributed by atoms with Gasteiger partial charge in [0.15, 0.2) is 0 Å². The number of ether oxygens (including phenoxy) is 2. The molecule has 1 fully saturated rings. The molecule has 0 unspecified atom stereocenters. The van der Waals surface area contributed by atoms with E-state index in [1.54, 1.807) is 6.92 Å². The monoisotopic (exact) mass is 434 g/mol. The van der Waals surface area contributed by atoms with Crippen molar-refractivity contribution in [2.75, 3.05) is 6.61 Å². The molecule has 0 aromatic heterocycles. The van der Waals surface area contributed by atoms with Crippen molar-refractivity contribution in [1.82, 2.24) is 10.6 Å². The predicted octanol–water partition coefficient (Wildman–Crippen LogP) is 5.02. The Morgan fingerprint density at radius 1 is 1.00 bits per heavy atom. The van der Waals surface area contributed by atoms with E-state index in [-0.39, 0.29) is 6.03 Å². The molecule has 168 valence electrons. The fourth-order valence-corrected chi connectivity index (χ4v) is 4.41. The largest absolute Gasteiger partial charge is 0.489 e. The van der Waals surface area contributed by atoms with Crippen molar-refractivity contribution in [3.63, 3.8) is 0 Å². The molecule has 2 aromatic carbocycles. The number of hydrogen-bond acceptors (Lipinski definition) is 4. The molecule has 0 spiro atoms. The van der Waals surface area contributed by atoms with E-state index in [9.17, 15) is 9.59 Å². The first kappa shape index (κ1) is 21.9. The van der Waals surface area contributed by atoms with Gasteiger partial charge in [-0.2, -0.15) is 0 Å². The maximum absolute atomic E-state index is 13.1. The van der Waals surface area contributed by atoms with Gasteiger partial charge in [0.2, 0.25) is 0 Å². The second-order valence-electron chi connectivity index (χ2n) is 8.48. The van der Waals surface area contributed by atoms with Crippen LogP contribution in [-0.4, -0.2) is 18.6 Å². The van der Waals surface area contributed by atoms with Crippen LogP contribution < -0.4 is 15.4 Å². The van der Waals surface area contributed by atoms with Gasteiger partial charge < -0.3 is 20.1 Å². The second-order valence-corrected chi connectivity index (χ2v) is 8.48. The third-order valence-corrected chi connectivity index (χ3v) is 6.13. The minimum absolute atomic E-state index is 0.353. The Morgan fingerprint density at radius 3 is 2.50 bits per heavy atom. The summed E-state index contributed by atoms with van der Waals surface area (Å²) in [4.78, 5) is 25.4. The summed E-state index contributed by atoms with van der Waals surface area (Å²) in [6.07, 6.45) is 5.83. The number of hydrogen-bond donors (Lipinski definition) is 2. The lowest BCUT2D eigenvalue weighted by molar-refractivity contribution is -0.141. The van der Waals surface area contributed by atoms with Crippen LogP contribution in [0.3, 0.4) is 0 Å². The minimum Gasteiger partial charge on any atom is -0.489 e. The van der Waals surface area contributed by atoms with Gasteiger partial charge in [-0.05, 0) is 37.3 Å². The molecule has 6 nitrogen and oxygen atoms in total. The Hall–Kier alpha value is -3.28. The maximum Gasteiger partial charge on any atom is 0.338 e. The van der Waals surface area contributed by atoms with E-state index >= 15 is 0 Å². The smallest absolute Gasteiger partial charge is 0.338 e. The van der Waals surface area contributed by atoms with Crippen molar-refractivity contribution in [1.29, 1.82) is 0 Å². The number of urea groups is 1. The number of carbonyl (C=O) groups excluding carboxylic acids is 2. The molecule has 1 saturated carbocycles. The summed E-state index contributed by atoms with van der Waals surface area (Å²) in [7, 11) is 0. The lowest BCUT2D eigenvalue weighted by Crippen LogP contribution is -2.45. The highest BCUT2D eigenvalue weighted by Gasteiger charge is 2.34. The lowest BCUT2D eigenvalue weighted by atomic mass is 9.90. The van der Waals surface area contributed by atoms with Crippen LogP contribution in [-0.2, 0) is 16.1 Å². The zero-order valence-electron chi connectivity index (χ0n) is 18.4. The van der Waals surface area contributed by atoms with Crippen LogP contribution in [0, 0.1) is 5.92 Å². The molecule has 2 N–H and O–H groups in total.